The van der Waals surface area contributed by atoms with E-state index in [0.717, 1.165) is 10.2 Å². The second-order valence-corrected chi connectivity index (χ2v) is 7.08. The number of aromatic nitrogens is 2. The number of fused-ring (bicyclic) bond motifs is 1. The van der Waals surface area contributed by atoms with Gasteiger partial charge in [0.2, 0.25) is 0 Å². The maximum Gasteiger partial charge on any atom is 0.149 e. The number of hydrogen-bond donors (Lipinski definition) is 1. The molecular weight excluding hydrogens is 258 g/mol. The van der Waals surface area contributed by atoms with Crippen molar-refractivity contribution in [3.8, 4) is 0 Å². The molecule has 0 saturated carbocycles. The Bertz CT molecular complexity index is 621. The summed E-state index contributed by atoms with van der Waals surface area (Å²) in [5.74, 6) is 0.773. The number of sulfone groups is 1. The number of rotatable bonds is 4. The first-order chi connectivity index (χ1) is 7.96. The zero-order chi connectivity index (χ0) is 12.5. The van der Waals surface area contributed by atoms with Crippen LogP contribution in [0.5, 0.6) is 0 Å². The third-order valence-electron chi connectivity index (χ3n) is 2.20. The smallest absolute Gasteiger partial charge is 0.149 e. The van der Waals surface area contributed by atoms with Crippen LogP contribution in [0.15, 0.2) is 17.8 Å². The minimum atomic E-state index is -2.99. The average molecular weight is 271 g/mol. The summed E-state index contributed by atoms with van der Waals surface area (Å²) in [5, 5.41) is 5.97. The van der Waals surface area contributed by atoms with Crippen LogP contribution >= 0.6 is 11.3 Å². The van der Waals surface area contributed by atoms with Gasteiger partial charge in [-0.1, -0.05) is 0 Å². The minimum absolute atomic E-state index is 0.0859. The van der Waals surface area contributed by atoms with Crippen molar-refractivity contribution in [2.24, 2.45) is 0 Å². The van der Waals surface area contributed by atoms with Gasteiger partial charge in [0.1, 0.15) is 26.8 Å². The topological polar surface area (TPSA) is 72.0 Å². The summed E-state index contributed by atoms with van der Waals surface area (Å²) in [7, 11) is -2.99. The molecule has 1 atom stereocenters. The molecule has 0 radical (unpaired) electrons. The van der Waals surface area contributed by atoms with E-state index in [9.17, 15) is 8.42 Å². The minimum Gasteiger partial charge on any atom is -0.366 e. The summed E-state index contributed by atoms with van der Waals surface area (Å²) >= 11 is 1.53. The van der Waals surface area contributed by atoms with Crippen molar-refractivity contribution in [3.63, 3.8) is 0 Å². The van der Waals surface area contributed by atoms with E-state index in [1.165, 1.54) is 23.9 Å². The van der Waals surface area contributed by atoms with Crippen LogP contribution in [0.2, 0.25) is 0 Å². The second-order valence-electron chi connectivity index (χ2n) is 4.00. The van der Waals surface area contributed by atoms with E-state index < -0.39 is 9.84 Å². The van der Waals surface area contributed by atoms with Crippen LogP contribution in [0.3, 0.4) is 0 Å². The molecule has 0 amide bonds. The molecule has 0 bridgehead atoms. The fourth-order valence-corrected chi connectivity index (χ4v) is 3.36. The molecule has 0 aliphatic heterocycles. The highest BCUT2D eigenvalue weighted by Crippen LogP contribution is 2.24. The summed E-state index contributed by atoms with van der Waals surface area (Å²) in [6.07, 6.45) is 2.71. The van der Waals surface area contributed by atoms with Crippen LogP contribution in [0.25, 0.3) is 10.2 Å². The summed E-state index contributed by atoms with van der Waals surface area (Å²) < 4.78 is 22.3. The zero-order valence-electron chi connectivity index (χ0n) is 9.54. The van der Waals surface area contributed by atoms with Crippen LogP contribution in [0.4, 0.5) is 5.82 Å². The lowest BCUT2D eigenvalue weighted by molar-refractivity contribution is 0.598. The molecule has 0 fully saturated rings. The fraction of sp³-hybridized carbons (Fsp3) is 0.400. The molecule has 0 aliphatic rings. The monoisotopic (exact) mass is 271 g/mol. The van der Waals surface area contributed by atoms with Gasteiger partial charge >= 0.3 is 0 Å². The highest BCUT2D eigenvalue weighted by molar-refractivity contribution is 7.90. The molecule has 2 rings (SSSR count). The van der Waals surface area contributed by atoms with Crippen molar-refractivity contribution in [2.75, 3.05) is 17.3 Å². The first kappa shape index (κ1) is 12.3. The Morgan fingerprint density at radius 1 is 1.47 bits per heavy atom. The van der Waals surface area contributed by atoms with E-state index in [0.29, 0.717) is 5.82 Å². The van der Waals surface area contributed by atoms with Crippen LogP contribution in [0.1, 0.15) is 6.92 Å². The van der Waals surface area contributed by atoms with Gasteiger partial charge in [0.05, 0.1) is 11.1 Å². The highest BCUT2D eigenvalue weighted by atomic mass is 32.2. The van der Waals surface area contributed by atoms with Crippen LogP contribution in [-0.4, -0.2) is 36.4 Å². The summed E-state index contributed by atoms with van der Waals surface area (Å²) in [6, 6.07) is 1.75. The van der Waals surface area contributed by atoms with Crippen LogP contribution in [-0.2, 0) is 9.84 Å². The number of nitrogens with zero attached hydrogens (tertiary/aromatic N) is 2. The Hall–Kier alpha value is -1.21. The third kappa shape index (κ3) is 3.13. The molecule has 1 unspecified atom stereocenters. The Labute approximate surface area is 104 Å². The van der Waals surface area contributed by atoms with Gasteiger partial charge in [0.15, 0.2) is 0 Å². The maximum atomic E-state index is 11.2. The quantitative estimate of drug-likeness (QED) is 0.913. The maximum absolute atomic E-state index is 11.2. The SMILES string of the molecule is CC(CS(C)(=O)=O)Nc1ncnc2sccc12. The van der Waals surface area contributed by atoms with E-state index in [4.69, 9.17) is 0 Å². The van der Waals surface area contributed by atoms with Gasteiger partial charge in [-0.25, -0.2) is 18.4 Å². The lowest BCUT2D eigenvalue weighted by Gasteiger charge is -2.13. The van der Waals surface area contributed by atoms with Gasteiger partial charge < -0.3 is 5.32 Å². The van der Waals surface area contributed by atoms with Gasteiger partial charge in [-0.3, -0.25) is 0 Å². The molecule has 0 spiro atoms. The predicted octanol–water partition coefficient (Wildman–Crippen LogP) is 1.54. The van der Waals surface area contributed by atoms with Gasteiger partial charge in [-0.2, -0.15) is 0 Å². The second kappa shape index (κ2) is 4.58. The van der Waals surface area contributed by atoms with E-state index in [-0.39, 0.29) is 11.8 Å². The average Bonchev–Trinajstić information content (AvgIpc) is 2.63. The van der Waals surface area contributed by atoms with Crippen molar-refractivity contribution in [2.45, 2.75) is 13.0 Å². The lowest BCUT2D eigenvalue weighted by atomic mass is 10.3. The molecule has 7 heteroatoms. The van der Waals surface area contributed by atoms with Crippen LogP contribution < -0.4 is 5.32 Å². The summed E-state index contributed by atoms with van der Waals surface area (Å²) in [5.41, 5.74) is 0. The molecule has 1 N–H and O–H groups in total. The Morgan fingerprint density at radius 2 is 2.24 bits per heavy atom. The van der Waals surface area contributed by atoms with Crippen molar-refractivity contribution in [1.82, 2.24) is 9.97 Å². The fourth-order valence-electron chi connectivity index (χ4n) is 1.63. The molecule has 0 saturated heterocycles. The third-order valence-corrected chi connectivity index (χ3v) is 4.12. The Morgan fingerprint density at radius 3 is 2.94 bits per heavy atom. The van der Waals surface area contributed by atoms with E-state index >= 15 is 0 Å². The largest absolute Gasteiger partial charge is 0.366 e. The highest BCUT2D eigenvalue weighted by Gasteiger charge is 2.12. The molecule has 5 nitrogen and oxygen atoms in total. The summed E-state index contributed by atoms with van der Waals surface area (Å²) in [6.45, 7) is 1.82. The van der Waals surface area contributed by atoms with E-state index in [2.05, 4.69) is 15.3 Å². The van der Waals surface area contributed by atoms with E-state index in [1.54, 1.807) is 0 Å². The normalized spacial score (nSPS) is 13.8. The van der Waals surface area contributed by atoms with Crippen molar-refractivity contribution < 1.29 is 8.42 Å². The lowest BCUT2D eigenvalue weighted by Crippen LogP contribution is -2.25. The van der Waals surface area contributed by atoms with Crippen molar-refractivity contribution in [3.05, 3.63) is 17.8 Å². The summed E-state index contributed by atoms with van der Waals surface area (Å²) in [4.78, 5) is 9.17. The van der Waals surface area contributed by atoms with Crippen molar-refractivity contribution >= 4 is 37.2 Å². The number of nitrogens with one attached hydrogen (secondary N) is 1. The standard InChI is InChI=1S/C10H13N3O2S2/c1-7(5-17(2,14)15)13-9-8-3-4-16-10(8)12-6-11-9/h3-4,6-7H,5H2,1-2H3,(H,11,12,13). The van der Waals surface area contributed by atoms with Crippen molar-refractivity contribution in [1.29, 1.82) is 0 Å². The number of thiophene rings is 1. The van der Waals surface area contributed by atoms with Gasteiger partial charge in [0, 0.05) is 12.3 Å². The number of anilines is 1. The van der Waals surface area contributed by atoms with Gasteiger partial charge in [-0.05, 0) is 18.4 Å². The molecule has 0 aromatic carbocycles. The molecule has 0 aliphatic carbocycles. The Balaban J connectivity index is 2.21. The molecule has 2 aromatic rings. The molecule has 2 heterocycles. The first-order valence-electron chi connectivity index (χ1n) is 5.08. The molecule has 2 aromatic heterocycles. The molecule has 17 heavy (non-hydrogen) atoms. The Kier molecular flexibility index (Phi) is 3.30. The van der Waals surface area contributed by atoms with Gasteiger partial charge in [-0.15, -0.1) is 11.3 Å². The predicted molar refractivity (Wildman–Crippen MR) is 70.2 cm³/mol. The number of hydrogen-bond acceptors (Lipinski definition) is 6. The van der Waals surface area contributed by atoms with E-state index in [1.807, 2.05) is 18.4 Å². The first-order valence-corrected chi connectivity index (χ1v) is 8.02. The zero-order valence-corrected chi connectivity index (χ0v) is 11.2. The molecular formula is C10H13N3O2S2. The van der Waals surface area contributed by atoms with Gasteiger partial charge in [0.25, 0.3) is 0 Å². The van der Waals surface area contributed by atoms with Crippen LogP contribution in [0, 0.1) is 0 Å². The molecule has 92 valence electrons.